The van der Waals surface area contributed by atoms with Crippen molar-refractivity contribution in [3.63, 3.8) is 0 Å². The van der Waals surface area contributed by atoms with Crippen molar-refractivity contribution < 1.29 is 16.8 Å². The Morgan fingerprint density at radius 1 is 0.522 bits per heavy atom. The Bertz CT molecular complexity index is 1340. The van der Waals surface area contributed by atoms with Gasteiger partial charge in [0.15, 0.2) is 0 Å². The maximum absolute atomic E-state index is 14.4. The lowest BCUT2D eigenvalue weighted by atomic mass is 10.1. The molecule has 2 aromatic rings. The van der Waals surface area contributed by atoms with E-state index >= 15 is 0 Å². The highest BCUT2D eigenvalue weighted by atomic mass is 79.9. The molecule has 0 amide bonds. The third kappa shape index (κ3) is 15.2. The van der Waals surface area contributed by atoms with Crippen LogP contribution in [0.5, 0.6) is 0 Å². The van der Waals surface area contributed by atoms with Gasteiger partial charge in [0.2, 0.25) is 20.0 Å². The first-order valence-electron chi connectivity index (χ1n) is 17.6. The van der Waals surface area contributed by atoms with E-state index in [-0.39, 0.29) is 15.4 Å². The third-order valence-electron chi connectivity index (χ3n) is 8.62. The number of unbranched alkanes of at least 4 members (excludes halogenated alkanes) is 18. The quantitative estimate of drug-likeness (QED) is 0.0957. The molecule has 2 N–H and O–H groups in total. The third-order valence-corrected chi connectivity index (χ3v) is 12.5. The fourth-order valence-electron chi connectivity index (χ4n) is 5.93. The number of halogens is 2. The highest BCUT2D eigenvalue weighted by molar-refractivity contribution is 9.10. The van der Waals surface area contributed by atoms with Crippen molar-refractivity contribution in [3.8, 4) is 11.1 Å². The Morgan fingerprint density at radius 2 is 0.848 bits per heavy atom. The van der Waals surface area contributed by atoms with E-state index < -0.39 is 20.0 Å². The summed E-state index contributed by atoms with van der Waals surface area (Å²) in [6.07, 6.45) is 23.6. The first kappa shape index (κ1) is 41.4. The topological polar surface area (TPSA) is 97.5 Å². The minimum atomic E-state index is -4.11. The van der Waals surface area contributed by atoms with Crippen LogP contribution in [0, 0.1) is 0 Å². The predicted octanol–water partition coefficient (Wildman–Crippen LogP) is 11.4. The Morgan fingerprint density at radius 3 is 1.22 bits per heavy atom. The highest BCUT2D eigenvalue weighted by Gasteiger charge is 2.29. The average molecular weight is 807 g/mol. The van der Waals surface area contributed by atoms with Crippen molar-refractivity contribution in [1.82, 2.24) is 4.31 Å². The van der Waals surface area contributed by atoms with Crippen LogP contribution in [0.1, 0.15) is 142 Å². The lowest BCUT2D eigenvalue weighted by Crippen LogP contribution is -2.33. The van der Waals surface area contributed by atoms with Crippen LogP contribution in [0.2, 0.25) is 0 Å². The molecule has 0 fully saturated rings. The summed E-state index contributed by atoms with van der Waals surface area (Å²) in [4.78, 5) is -0.0233. The molecule has 0 unspecified atom stereocenters. The molecular weight excluding hydrogens is 748 g/mol. The zero-order chi connectivity index (χ0) is 33.8. The van der Waals surface area contributed by atoms with E-state index in [1.54, 1.807) is 34.6 Å². The second kappa shape index (κ2) is 22.8. The molecule has 0 bridgehead atoms. The van der Waals surface area contributed by atoms with Crippen LogP contribution >= 0.6 is 31.9 Å². The second-order valence-corrected chi connectivity index (χ2v) is 17.9. The summed E-state index contributed by atoms with van der Waals surface area (Å²) in [6.45, 7) is 5.37. The van der Waals surface area contributed by atoms with Gasteiger partial charge in [0.25, 0.3) is 0 Å². The summed E-state index contributed by atoms with van der Waals surface area (Å²) < 4.78 is 56.7. The van der Waals surface area contributed by atoms with Crippen LogP contribution in [0.15, 0.2) is 55.1 Å². The summed E-state index contributed by atoms with van der Waals surface area (Å²) in [6, 6.07) is 9.72. The molecule has 2 rings (SSSR count). The van der Waals surface area contributed by atoms with Gasteiger partial charge < -0.3 is 0 Å². The molecule has 0 saturated carbocycles. The Balaban J connectivity index is 2.18. The molecule has 0 atom stereocenters. The van der Waals surface area contributed by atoms with E-state index in [0.29, 0.717) is 27.6 Å². The predicted molar refractivity (Wildman–Crippen MR) is 201 cm³/mol. The molecule has 0 radical (unpaired) electrons. The number of sulfonamides is 2. The second-order valence-electron chi connectivity index (χ2n) is 12.6. The van der Waals surface area contributed by atoms with Crippen LogP contribution < -0.4 is 5.14 Å². The largest absolute Gasteiger partial charge is 0.243 e. The van der Waals surface area contributed by atoms with Gasteiger partial charge in [-0.3, -0.25) is 0 Å². The number of nitrogens with two attached hydrogens (primary N) is 1. The lowest BCUT2D eigenvalue weighted by Gasteiger charge is -2.24. The van der Waals surface area contributed by atoms with Gasteiger partial charge >= 0.3 is 0 Å². The molecule has 0 aliphatic heterocycles. The van der Waals surface area contributed by atoms with Crippen molar-refractivity contribution in [3.05, 3.63) is 45.3 Å². The number of benzene rings is 2. The van der Waals surface area contributed by atoms with Gasteiger partial charge in [0.05, 0.1) is 9.79 Å². The van der Waals surface area contributed by atoms with E-state index in [1.807, 2.05) is 0 Å². The molecule has 262 valence electrons. The Labute approximate surface area is 298 Å². The molecule has 0 heterocycles. The maximum Gasteiger partial charge on any atom is 0.243 e. The van der Waals surface area contributed by atoms with Gasteiger partial charge in [0.1, 0.15) is 0 Å². The summed E-state index contributed by atoms with van der Waals surface area (Å²) in [5.74, 6) is 0. The molecule has 0 aliphatic rings. The first-order valence-corrected chi connectivity index (χ1v) is 22.2. The van der Waals surface area contributed by atoms with Crippen LogP contribution in [-0.2, 0) is 20.0 Å². The number of nitrogens with zero attached hydrogens (tertiary/aromatic N) is 1. The van der Waals surface area contributed by atoms with Gasteiger partial charge in [0, 0.05) is 33.2 Å². The van der Waals surface area contributed by atoms with Crippen LogP contribution in [0.4, 0.5) is 0 Å². The van der Waals surface area contributed by atoms with Crippen molar-refractivity contribution in [2.24, 2.45) is 5.14 Å². The lowest BCUT2D eigenvalue weighted by molar-refractivity contribution is 0.383. The molecule has 2 aromatic carbocycles. The number of primary sulfonamides is 1. The van der Waals surface area contributed by atoms with E-state index in [9.17, 15) is 16.8 Å². The zero-order valence-electron chi connectivity index (χ0n) is 28.3. The smallest absolute Gasteiger partial charge is 0.225 e. The van der Waals surface area contributed by atoms with Crippen molar-refractivity contribution in [2.45, 2.75) is 152 Å². The van der Waals surface area contributed by atoms with Gasteiger partial charge in [-0.25, -0.2) is 22.0 Å². The Kier molecular flexibility index (Phi) is 20.5. The molecule has 46 heavy (non-hydrogen) atoms. The van der Waals surface area contributed by atoms with E-state index in [1.165, 1.54) is 96.0 Å². The molecule has 0 spiro atoms. The molecule has 0 saturated heterocycles. The summed E-state index contributed by atoms with van der Waals surface area (Å²) in [5.41, 5.74) is 0.602. The van der Waals surface area contributed by atoms with Crippen LogP contribution in [-0.4, -0.2) is 34.2 Å². The molecule has 0 aliphatic carbocycles. The van der Waals surface area contributed by atoms with Gasteiger partial charge in [-0.15, -0.1) is 0 Å². The van der Waals surface area contributed by atoms with E-state index in [0.717, 1.165) is 38.5 Å². The standard InChI is InChI=1S/C36H58Br2N2O4S2/c1-3-5-7-9-11-13-15-17-19-21-27-40(28-22-20-18-16-14-12-10-8-6-4-2)46(43,44)36-30-32(38)24-26-34(36)33-25-23-31(37)29-35(33)45(39,41)42/h23-26,29-30H,3-22,27-28H2,1-2H3,(H2,39,41,42). The van der Waals surface area contributed by atoms with E-state index in [2.05, 4.69) is 45.7 Å². The minimum absolute atomic E-state index is 0.0910. The fourth-order valence-corrected chi connectivity index (χ4v) is 9.48. The first-order chi connectivity index (χ1) is 22.0. The highest BCUT2D eigenvalue weighted by Crippen LogP contribution is 2.37. The average Bonchev–Trinajstić information content (AvgIpc) is 3.01. The molecule has 6 nitrogen and oxygen atoms in total. The summed E-state index contributed by atoms with van der Waals surface area (Å²) >= 11 is 6.79. The van der Waals surface area contributed by atoms with Gasteiger partial charge in [-0.2, -0.15) is 4.31 Å². The number of hydrogen-bond acceptors (Lipinski definition) is 4. The summed E-state index contributed by atoms with van der Waals surface area (Å²) in [7, 11) is -8.05. The van der Waals surface area contributed by atoms with Gasteiger partial charge in [-0.05, 0) is 37.1 Å². The SMILES string of the molecule is CCCCCCCCCCCCN(CCCCCCCCCCCC)S(=O)(=O)c1cc(Br)ccc1-c1ccc(Br)cc1S(N)(=O)=O. The van der Waals surface area contributed by atoms with Gasteiger partial charge in [-0.1, -0.05) is 173 Å². The van der Waals surface area contributed by atoms with Crippen molar-refractivity contribution >= 4 is 51.9 Å². The monoisotopic (exact) mass is 804 g/mol. The van der Waals surface area contributed by atoms with Crippen LogP contribution in [0.25, 0.3) is 11.1 Å². The normalized spacial score (nSPS) is 12.3. The van der Waals surface area contributed by atoms with E-state index in [4.69, 9.17) is 5.14 Å². The fraction of sp³-hybridized carbons (Fsp3) is 0.667. The van der Waals surface area contributed by atoms with Crippen molar-refractivity contribution in [2.75, 3.05) is 13.1 Å². The minimum Gasteiger partial charge on any atom is -0.225 e. The van der Waals surface area contributed by atoms with Crippen molar-refractivity contribution in [1.29, 1.82) is 0 Å². The molecule has 10 heteroatoms. The maximum atomic E-state index is 14.4. The molecule has 0 aromatic heterocycles. The zero-order valence-corrected chi connectivity index (χ0v) is 33.1. The Hall–Kier alpha value is -0.780. The van der Waals surface area contributed by atoms with Crippen LogP contribution in [0.3, 0.4) is 0 Å². The number of hydrogen-bond donors (Lipinski definition) is 1. The summed E-state index contributed by atoms with van der Waals surface area (Å²) in [5, 5.41) is 5.59. The number of rotatable bonds is 26. The molecular formula is C36H58Br2N2O4S2.